The molecular weight excluding hydrogens is 362 g/mol. The van der Waals surface area contributed by atoms with Crippen molar-refractivity contribution in [1.29, 1.82) is 0 Å². The summed E-state index contributed by atoms with van der Waals surface area (Å²) < 4.78 is 12.9. The quantitative estimate of drug-likeness (QED) is 0.314. The second-order valence-electron chi connectivity index (χ2n) is 6.80. The first-order valence-corrected chi connectivity index (χ1v) is 9.61. The molecule has 0 aliphatic rings. The molecule has 0 aliphatic heterocycles. The van der Waals surface area contributed by atoms with Crippen molar-refractivity contribution in [3.63, 3.8) is 0 Å². The number of carbonyl (C=O) groups excluding carboxylic acids is 1. The maximum absolute atomic E-state index is 12.8. The molecule has 4 rings (SSSR count). The number of hydrogen-bond acceptors (Lipinski definition) is 3. The molecule has 4 nitrogen and oxygen atoms in total. The fraction of sp³-hybridized carbons (Fsp3) is 0.160. The molecule has 0 spiro atoms. The number of fused-ring (bicyclic) bond motifs is 3. The Morgan fingerprint density at radius 1 is 0.931 bits per heavy atom. The van der Waals surface area contributed by atoms with Crippen molar-refractivity contribution >= 4 is 33.7 Å². The van der Waals surface area contributed by atoms with Crippen molar-refractivity contribution in [3.8, 4) is 11.5 Å². The van der Waals surface area contributed by atoms with Crippen LogP contribution < -0.4 is 9.47 Å². The van der Waals surface area contributed by atoms with Crippen LogP contribution in [0.25, 0.3) is 27.9 Å². The van der Waals surface area contributed by atoms with Gasteiger partial charge in [0, 0.05) is 45.5 Å². The van der Waals surface area contributed by atoms with E-state index < -0.39 is 0 Å². The number of methoxy groups -OCH3 is 2. The van der Waals surface area contributed by atoms with Gasteiger partial charge in [-0.3, -0.25) is 4.79 Å². The molecule has 146 valence electrons. The van der Waals surface area contributed by atoms with Crippen LogP contribution in [0.3, 0.4) is 0 Å². The van der Waals surface area contributed by atoms with Gasteiger partial charge in [-0.2, -0.15) is 0 Å². The Morgan fingerprint density at radius 3 is 2.48 bits per heavy atom. The van der Waals surface area contributed by atoms with Crippen molar-refractivity contribution in [3.05, 3.63) is 77.9 Å². The summed E-state index contributed by atoms with van der Waals surface area (Å²) in [4.78, 5) is 12.8. The first-order valence-electron chi connectivity index (χ1n) is 9.61. The molecule has 0 saturated carbocycles. The fourth-order valence-corrected chi connectivity index (χ4v) is 3.77. The Hall–Kier alpha value is -3.53. The van der Waals surface area contributed by atoms with Gasteiger partial charge in [-0.15, -0.1) is 0 Å². The molecule has 0 radical (unpaired) electrons. The van der Waals surface area contributed by atoms with Crippen molar-refractivity contribution in [1.82, 2.24) is 4.57 Å². The summed E-state index contributed by atoms with van der Waals surface area (Å²) in [5.41, 5.74) is 3.82. The second kappa shape index (κ2) is 7.84. The van der Waals surface area contributed by atoms with Crippen LogP contribution in [0.15, 0.2) is 66.7 Å². The zero-order valence-corrected chi connectivity index (χ0v) is 16.8. The molecule has 1 heterocycles. The molecule has 0 aliphatic carbocycles. The van der Waals surface area contributed by atoms with Crippen LogP contribution in [0, 0.1) is 0 Å². The van der Waals surface area contributed by atoms with Gasteiger partial charge in [-0.1, -0.05) is 18.2 Å². The maximum atomic E-state index is 12.8. The lowest BCUT2D eigenvalue weighted by atomic mass is 10.0. The molecule has 0 atom stereocenters. The number of nitrogens with zero attached hydrogens (tertiary/aromatic N) is 1. The summed E-state index contributed by atoms with van der Waals surface area (Å²) in [5, 5.41) is 2.27. The highest BCUT2D eigenvalue weighted by atomic mass is 16.5. The van der Waals surface area contributed by atoms with Crippen molar-refractivity contribution < 1.29 is 14.3 Å². The van der Waals surface area contributed by atoms with E-state index in [1.165, 1.54) is 10.9 Å². The molecule has 0 unspecified atom stereocenters. The summed E-state index contributed by atoms with van der Waals surface area (Å²) >= 11 is 0. The summed E-state index contributed by atoms with van der Waals surface area (Å²) in [7, 11) is 3.21. The maximum Gasteiger partial charge on any atom is 0.185 e. The Bertz CT molecular complexity index is 1230. The highest BCUT2D eigenvalue weighted by Gasteiger charge is 2.12. The summed E-state index contributed by atoms with van der Waals surface area (Å²) in [6.45, 7) is 3.02. The van der Waals surface area contributed by atoms with Gasteiger partial charge in [0.1, 0.15) is 11.5 Å². The Balaban J connectivity index is 1.71. The van der Waals surface area contributed by atoms with E-state index in [-0.39, 0.29) is 5.78 Å². The summed E-state index contributed by atoms with van der Waals surface area (Å²) in [6, 6.07) is 19.7. The fourth-order valence-electron chi connectivity index (χ4n) is 3.77. The van der Waals surface area contributed by atoms with Crippen LogP contribution in [0.1, 0.15) is 22.8 Å². The number of ether oxygens (including phenoxy) is 2. The third kappa shape index (κ3) is 3.38. The third-order valence-corrected chi connectivity index (χ3v) is 5.23. The Labute approximate surface area is 170 Å². The number of benzene rings is 3. The summed E-state index contributed by atoms with van der Waals surface area (Å²) in [6.07, 6.45) is 3.37. The van der Waals surface area contributed by atoms with E-state index in [0.717, 1.165) is 23.0 Å². The van der Waals surface area contributed by atoms with E-state index in [0.29, 0.717) is 17.1 Å². The average molecular weight is 385 g/mol. The number of carbonyl (C=O) groups is 1. The van der Waals surface area contributed by atoms with Gasteiger partial charge in [0.25, 0.3) is 0 Å². The smallest absolute Gasteiger partial charge is 0.185 e. The minimum atomic E-state index is -0.0434. The van der Waals surface area contributed by atoms with Crippen molar-refractivity contribution in [2.24, 2.45) is 0 Å². The van der Waals surface area contributed by atoms with Gasteiger partial charge in [0.15, 0.2) is 5.78 Å². The second-order valence-corrected chi connectivity index (χ2v) is 6.80. The van der Waals surface area contributed by atoms with Gasteiger partial charge in [-0.25, -0.2) is 0 Å². The SMILES string of the molecule is CCn1c2ccccc2c2cc(C(=O)C=Cc3ccc(OC)cc3OC)ccc21. The molecule has 0 amide bonds. The lowest BCUT2D eigenvalue weighted by Gasteiger charge is -2.07. The normalized spacial score (nSPS) is 11.4. The van der Waals surface area contributed by atoms with E-state index in [4.69, 9.17) is 9.47 Å². The molecular formula is C25H23NO3. The van der Waals surface area contributed by atoms with E-state index in [2.05, 4.69) is 23.6 Å². The topological polar surface area (TPSA) is 40.5 Å². The molecule has 0 N–H and O–H groups in total. The number of aryl methyl sites for hydroxylation is 1. The number of ketones is 1. The lowest BCUT2D eigenvalue weighted by molar-refractivity contribution is 0.104. The van der Waals surface area contributed by atoms with Crippen LogP contribution in [0.2, 0.25) is 0 Å². The highest BCUT2D eigenvalue weighted by Crippen LogP contribution is 2.30. The number of allylic oxidation sites excluding steroid dienone is 1. The number of hydrogen-bond donors (Lipinski definition) is 0. The zero-order chi connectivity index (χ0) is 20.4. The standard InChI is InChI=1S/C25H23NO3/c1-4-26-22-8-6-5-7-20(22)21-15-18(10-13-23(21)26)24(27)14-11-17-9-12-19(28-2)16-25(17)29-3/h5-16H,4H2,1-3H3. The van der Waals surface area contributed by atoms with Crippen LogP contribution in [-0.4, -0.2) is 24.6 Å². The Kier molecular flexibility index (Phi) is 5.09. The Morgan fingerprint density at radius 2 is 1.72 bits per heavy atom. The minimum absolute atomic E-state index is 0.0434. The third-order valence-electron chi connectivity index (χ3n) is 5.23. The van der Waals surface area contributed by atoms with E-state index in [1.807, 2.05) is 42.5 Å². The van der Waals surface area contributed by atoms with E-state index >= 15 is 0 Å². The predicted octanol–water partition coefficient (Wildman–Crippen LogP) is 5.73. The molecule has 1 aromatic heterocycles. The monoisotopic (exact) mass is 385 g/mol. The molecule has 0 saturated heterocycles. The number of para-hydroxylation sites is 1. The van der Waals surface area contributed by atoms with Crippen LogP contribution in [0.5, 0.6) is 11.5 Å². The summed E-state index contributed by atoms with van der Waals surface area (Å²) in [5.74, 6) is 1.33. The zero-order valence-electron chi connectivity index (χ0n) is 16.8. The van der Waals surface area contributed by atoms with Crippen LogP contribution in [0.4, 0.5) is 0 Å². The first kappa shape index (κ1) is 18.8. The molecule has 0 fully saturated rings. The highest BCUT2D eigenvalue weighted by molar-refractivity contribution is 6.13. The van der Waals surface area contributed by atoms with E-state index in [9.17, 15) is 4.79 Å². The average Bonchev–Trinajstić information content (AvgIpc) is 3.10. The van der Waals surface area contributed by atoms with Crippen LogP contribution >= 0.6 is 0 Å². The molecule has 4 aromatic rings. The first-order chi connectivity index (χ1) is 14.2. The van der Waals surface area contributed by atoms with E-state index in [1.54, 1.807) is 32.4 Å². The lowest BCUT2D eigenvalue weighted by Crippen LogP contribution is -1.96. The molecule has 0 bridgehead atoms. The van der Waals surface area contributed by atoms with Gasteiger partial charge in [0.05, 0.1) is 14.2 Å². The molecule has 29 heavy (non-hydrogen) atoms. The predicted molar refractivity (Wildman–Crippen MR) is 118 cm³/mol. The minimum Gasteiger partial charge on any atom is -0.497 e. The number of aromatic nitrogens is 1. The van der Waals surface area contributed by atoms with Crippen molar-refractivity contribution in [2.45, 2.75) is 13.5 Å². The largest absolute Gasteiger partial charge is 0.497 e. The van der Waals surface area contributed by atoms with Gasteiger partial charge < -0.3 is 14.0 Å². The van der Waals surface area contributed by atoms with Crippen molar-refractivity contribution in [2.75, 3.05) is 14.2 Å². The van der Waals surface area contributed by atoms with Crippen LogP contribution in [-0.2, 0) is 6.54 Å². The van der Waals surface area contributed by atoms with Gasteiger partial charge in [-0.05, 0) is 55.5 Å². The molecule has 3 aromatic carbocycles. The number of rotatable bonds is 6. The molecule has 4 heteroatoms. The van der Waals surface area contributed by atoms with Gasteiger partial charge >= 0.3 is 0 Å². The van der Waals surface area contributed by atoms with Gasteiger partial charge in [0.2, 0.25) is 0 Å².